The summed E-state index contributed by atoms with van der Waals surface area (Å²) in [5.74, 6) is -33.1. The van der Waals surface area contributed by atoms with E-state index >= 15 is 0 Å². The molecule has 0 aliphatic rings. The highest BCUT2D eigenvalue weighted by Gasteiger charge is 2.32. The summed E-state index contributed by atoms with van der Waals surface area (Å²) in [6, 6.07) is 111. The van der Waals surface area contributed by atoms with Crippen LogP contribution < -0.4 is 0 Å². The van der Waals surface area contributed by atoms with E-state index in [0.717, 1.165) is 155 Å². The Morgan fingerprint density at radius 3 is 0.375 bits per heavy atom. The third-order valence-electron chi connectivity index (χ3n) is 23.3. The van der Waals surface area contributed by atoms with Gasteiger partial charge < -0.3 is 0 Å². The lowest BCUT2D eigenvalue weighted by Gasteiger charge is -2.13. The number of benzene rings is 18. The van der Waals surface area contributed by atoms with Crippen LogP contribution in [0.2, 0.25) is 0 Å². The van der Waals surface area contributed by atoms with Crippen LogP contribution in [-0.4, -0.2) is 44.9 Å². The van der Waals surface area contributed by atoms with Crippen molar-refractivity contribution >= 4 is 0 Å². The van der Waals surface area contributed by atoms with Gasteiger partial charge in [-0.25, -0.2) is 124 Å². The van der Waals surface area contributed by atoms with Gasteiger partial charge in [-0.2, -0.15) is 0 Å². The molecule has 0 fully saturated rings. The van der Waals surface area contributed by atoms with E-state index in [1.54, 1.807) is 36.4 Å². The molecule has 144 heavy (non-hydrogen) atoms. The molecule has 0 radical (unpaired) electrons. The lowest BCUT2D eigenvalue weighted by molar-refractivity contribution is 0.381. The summed E-state index contributed by atoms with van der Waals surface area (Å²) in [5, 5.41) is 0. The first-order valence-electron chi connectivity index (χ1n) is 44.0. The van der Waals surface area contributed by atoms with Crippen molar-refractivity contribution in [2.45, 2.75) is 0 Å². The summed E-state index contributed by atoms with van der Waals surface area (Å²) in [6.07, 6.45) is 0. The Bertz CT molecular complexity index is 7580. The maximum atomic E-state index is 14.8. The van der Waals surface area contributed by atoms with Crippen molar-refractivity contribution in [3.8, 4) is 203 Å². The molecule has 0 spiro atoms. The van der Waals surface area contributed by atoms with Crippen molar-refractivity contribution in [1.82, 2.24) is 44.9 Å². The van der Waals surface area contributed by atoms with E-state index in [0.29, 0.717) is 34.9 Å². The zero-order chi connectivity index (χ0) is 100. The summed E-state index contributed by atoms with van der Waals surface area (Å²) in [6.45, 7) is 0. The second-order valence-electron chi connectivity index (χ2n) is 32.6. The molecule has 0 unspecified atom stereocenters. The minimum absolute atomic E-state index is 0.229. The van der Waals surface area contributed by atoms with Crippen LogP contribution >= 0.6 is 0 Å². The Labute approximate surface area is 809 Å². The Morgan fingerprint density at radius 2 is 0.215 bits per heavy atom. The summed E-state index contributed by atoms with van der Waals surface area (Å²) in [7, 11) is 0. The number of nitrogens with zero attached hydrogens (tertiary/aromatic N) is 9. The number of aromatic nitrogens is 9. The van der Waals surface area contributed by atoms with Crippen LogP contribution in [0.4, 0.5) is 79.0 Å². The van der Waals surface area contributed by atoms with Gasteiger partial charge in [0.15, 0.2) is 122 Å². The van der Waals surface area contributed by atoms with Crippen molar-refractivity contribution in [1.29, 1.82) is 0 Å². The first-order chi connectivity index (χ1) is 69.8. The zero-order valence-electron chi connectivity index (χ0n) is 74.2. The van der Waals surface area contributed by atoms with Crippen LogP contribution in [0.5, 0.6) is 0 Å². The highest BCUT2D eigenvalue weighted by Crippen LogP contribution is 2.42. The van der Waals surface area contributed by atoms with Gasteiger partial charge in [-0.05, 0) is 174 Å². The monoisotopic (exact) mass is 1940 g/mol. The standard InChI is InChI=1S/C39H12F15N3.C39H24F3N3.C39H27N3/c40-22-19(23(41)29(47)34(52)28(22)46)13-4-1-7-16(10-13)37-55-38(17-8-2-5-14(11-17)20-24(42)30(48)35(53)31(49)25(20)43)57-39(56-37)18-9-3-6-15(12-18)21-26(44)32(50)36(54)33(51)27(21)45;40-34-16-10-25(11-17-34)28-4-1-7-31(22-28)37-43-38(32-8-2-5-29(23-32)26-12-18-35(41)19-13-26)45-39(44-37)33-9-3-6-30(24-33)27-14-20-36(42)21-15-27;1-4-13-28(14-5-1)31-19-10-22-34(25-31)37-40-38(35-23-11-20-32(26-35)29-15-6-2-7-16-29)42-39(41-37)36-24-12-21-33(27-36)30-17-8-3-9-18-30/h1-12H;1-24H;1-27H. The Morgan fingerprint density at radius 1 is 0.0972 bits per heavy atom. The first kappa shape index (κ1) is 94.7. The lowest BCUT2D eigenvalue weighted by Crippen LogP contribution is -2.05. The number of halogens is 18. The molecule has 18 aromatic carbocycles. The number of rotatable bonds is 18. The van der Waals surface area contributed by atoms with Gasteiger partial charge in [0, 0.05) is 50.1 Å². The molecule has 27 heteroatoms. The number of hydrogen-bond donors (Lipinski definition) is 0. The summed E-state index contributed by atoms with van der Waals surface area (Å²) >= 11 is 0. The molecular weight excluding hydrogens is 1870 g/mol. The van der Waals surface area contributed by atoms with Gasteiger partial charge in [-0.1, -0.05) is 291 Å². The van der Waals surface area contributed by atoms with E-state index in [4.69, 9.17) is 29.9 Å². The smallest absolute Gasteiger partial charge is 0.200 e. The normalized spacial score (nSPS) is 11.1. The lowest BCUT2D eigenvalue weighted by atomic mass is 9.99. The van der Waals surface area contributed by atoms with Gasteiger partial charge in [-0.15, -0.1) is 0 Å². The Kier molecular flexibility index (Phi) is 27.0. The zero-order valence-corrected chi connectivity index (χ0v) is 74.2. The van der Waals surface area contributed by atoms with Crippen molar-refractivity contribution in [2.75, 3.05) is 0 Å². The van der Waals surface area contributed by atoms with Crippen molar-refractivity contribution in [3.63, 3.8) is 0 Å². The molecule has 0 atom stereocenters. The molecule has 3 aromatic heterocycles. The van der Waals surface area contributed by atoms with Gasteiger partial charge in [-0.3, -0.25) is 0 Å². The molecule has 0 N–H and O–H groups in total. The second-order valence-corrected chi connectivity index (χ2v) is 32.6. The van der Waals surface area contributed by atoms with Crippen LogP contribution in [0, 0.1) is 105 Å². The molecule has 0 saturated carbocycles. The topological polar surface area (TPSA) is 116 Å². The van der Waals surface area contributed by atoms with Crippen LogP contribution in [0.15, 0.2) is 382 Å². The van der Waals surface area contributed by atoms with E-state index < -0.39 is 138 Å². The first-order valence-corrected chi connectivity index (χ1v) is 44.0. The van der Waals surface area contributed by atoms with Crippen LogP contribution in [0.25, 0.3) is 203 Å². The van der Waals surface area contributed by atoms with Crippen LogP contribution in [0.3, 0.4) is 0 Å². The molecular formula is C117H63F18N9. The van der Waals surface area contributed by atoms with E-state index in [1.165, 1.54) is 54.6 Å². The highest BCUT2D eigenvalue weighted by molar-refractivity contribution is 5.83. The van der Waals surface area contributed by atoms with E-state index in [9.17, 15) is 79.0 Å². The minimum atomic E-state index is -2.43. The Balaban J connectivity index is 0.000000139. The van der Waals surface area contributed by atoms with Gasteiger partial charge in [0.2, 0.25) is 17.5 Å². The van der Waals surface area contributed by atoms with E-state index in [2.05, 4.69) is 161 Å². The largest absolute Gasteiger partial charge is 0.208 e. The third kappa shape index (κ3) is 19.9. The van der Waals surface area contributed by atoms with Crippen molar-refractivity contribution < 1.29 is 79.0 Å². The van der Waals surface area contributed by atoms with E-state index in [-0.39, 0.29) is 34.1 Å². The maximum absolute atomic E-state index is 14.8. The maximum Gasteiger partial charge on any atom is 0.200 e. The molecule has 9 nitrogen and oxygen atoms in total. The molecule has 0 bridgehead atoms. The summed E-state index contributed by atoms with van der Waals surface area (Å²) < 4.78 is 256. The fraction of sp³-hybridized carbons (Fsp3) is 0. The predicted octanol–water partition coefficient (Wildman–Crippen LogP) is 32.1. The molecule has 0 aliphatic carbocycles. The minimum Gasteiger partial charge on any atom is -0.208 e. The highest BCUT2D eigenvalue weighted by atomic mass is 19.2. The fourth-order valence-corrected chi connectivity index (χ4v) is 16.2. The van der Waals surface area contributed by atoms with Gasteiger partial charge in [0.1, 0.15) is 17.5 Å². The third-order valence-corrected chi connectivity index (χ3v) is 23.3. The quantitative estimate of drug-likeness (QED) is 0.0470. The van der Waals surface area contributed by atoms with Gasteiger partial charge >= 0.3 is 0 Å². The average Bonchev–Trinajstić information content (AvgIpc) is 0.773. The molecule has 21 rings (SSSR count). The molecule has 0 saturated heterocycles. The second kappa shape index (κ2) is 41.0. The Hall–Kier alpha value is -18.3. The molecule has 702 valence electrons. The van der Waals surface area contributed by atoms with E-state index in [1.807, 2.05) is 91.0 Å². The van der Waals surface area contributed by atoms with Crippen LogP contribution in [-0.2, 0) is 0 Å². The molecule has 3 heterocycles. The molecule has 21 aromatic rings. The van der Waals surface area contributed by atoms with Crippen LogP contribution in [0.1, 0.15) is 0 Å². The van der Waals surface area contributed by atoms with Gasteiger partial charge in [0.25, 0.3) is 0 Å². The average molecular weight is 1940 g/mol. The van der Waals surface area contributed by atoms with Crippen molar-refractivity contribution in [3.05, 3.63) is 487 Å². The predicted molar refractivity (Wildman–Crippen MR) is 517 cm³/mol. The summed E-state index contributed by atoms with van der Waals surface area (Å²) in [4.78, 5) is 42.5. The molecule has 0 aliphatic heterocycles. The number of hydrogen-bond acceptors (Lipinski definition) is 9. The SMILES string of the molecule is Fc1c(F)c(F)c(-c2cccc(-c3nc(-c4cccc(-c5c(F)c(F)c(F)c(F)c5F)c4)nc(-c4cccc(-c5c(F)c(F)c(F)c(F)c5F)c4)n3)c2)c(F)c1F.Fc1ccc(-c2cccc(-c3nc(-c4cccc(-c5ccc(F)cc5)c4)nc(-c4cccc(-c5ccc(F)cc5)c4)n3)c2)cc1.c1ccc(-c2cccc(-c3nc(-c4cccc(-c5ccccc5)c4)nc(-c4cccc(-c5ccccc5)c4)n3)c2)cc1. The van der Waals surface area contributed by atoms with Crippen molar-refractivity contribution in [2.24, 2.45) is 0 Å². The molecule has 0 amide bonds. The summed E-state index contributed by atoms with van der Waals surface area (Å²) in [5.41, 5.74) is 10.7. The fourth-order valence-electron chi connectivity index (χ4n) is 16.2. The van der Waals surface area contributed by atoms with Gasteiger partial charge in [0.05, 0.1) is 16.7 Å².